The van der Waals surface area contributed by atoms with E-state index >= 15 is 0 Å². The van der Waals surface area contributed by atoms with E-state index in [0.29, 0.717) is 0 Å². The van der Waals surface area contributed by atoms with Crippen molar-refractivity contribution in [2.24, 2.45) is 5.92 Å². The summed E-state index contributed by atoms with van der Waals surface area (Å²) in [7, 11) is 0. The van der Waals surface area contributed by atoms with Gasteiger partial charge in [-0.05, 0) is 13.8 Å². The van der Waals surface area contributed by atoms with Crippen LogP contribution in [0.25, 0.3) is 0 Å². The molecule has 1 amide bonds. The highest BCUT2D eigenvalue weighted by molar-refractivity contribution is 5.86. The number of carbonyl (C=O) groups excluding carboxylic acids is 2. The smallest absolute Gasteiger partial charge is 0.232 e. The summed E-state index contributed by atoms with van der Waals surface area (Å²) in [4.78, 5) is 21.9. The molecule has 0 spiro atoms. The zero-order chi connectivity index (χ0) is 9.59. The first-order chi connectivity index (χ1) is 6.09. The standard InChI is InChI=1S/C8H11NO4/c1-3(10)8-12-4(2)5-6(11)9-7(5)13-8/h4-5,7-8H,1-2H3,(H,9,11)/t4-,5+,7+,8-/m0/s1. The molecule has 5 heteroatoms. The van der Waals surface area contributed by atoms with Gasteiger partial charge in [0.2, 0.25) is 12.2 Å². The lowest BCUT2D eigenvalue weighted by Gasteiger charge is -2.45. The van der Waals surface area contributed by atoms with E-state index in [9.17, 15) is 9.59 Å². The van der Waals surface area contributed by atoms with Crippen molar-refractivity contribution in [1.82, 2.24) is 5.32 Å². The van der Waals surface area contributed by atoms with Crippen molar-refractivity contribution in [1.29, 1.82) is 0 Å². The van der Waals surface area contributed by atoms with Crippen molar-refractivity contribution in [2.75, 3.05) is 0 Å². The molecule has 5 nitrogen and oxygen atoms in total. The van der Waals surface area contributed by atoms with Gasteiger partial charge >= 0.3 is 0 Å². The van der Waals surface area contributed by atoms with Gasteiger partial charge in [0.15, 0.2) is 5.78 Å². The van der Waals surface area contributed by atoms with E-state index < -0.39 is 6.29 Å². The number of β-lactam (4-membered cyclic amide) rings is 1. The second-order valence-corrected chi connectivity index (χ2v) is 3.37. The van der Waals surface area contributed by atoms with Crippen molar-refractivity contribution in [3.8, 4) is 0 Å². The van der Waals surface area contributed by atoms with Gasteiger partial charge in [0, 0.05) is 0 Å². The molecule has 0 saturated carbocycles. The molecule has 2 aliphatic heterocycles. The maximum atomic E-state index is 11.0. The maximum absolute atomic E-state index is 11.0. The van der Waals surface area contributed by atoms with Gasteiger partial charge in [0.1, 0.15) is 12.1 Å². The monoisotopic (exact) mass is 185 g/mol. The minimum absolute atomic E-state index is 0.0699. The Bertz CT molecular complexity index is 257. The van der Waals surface area contributed by atoms with Gasteiger partial charge in [-0.25, -0.2) is 0 Å². The molecule has 0 radical (unpaired) electrons. The molecule has 2 fully saturated rings. The highest BCUT2D eigenvalue weighted by Crippen LogP contribution is 2.29. The lowest BCUT2D eigenvalue weighted by molar-refractivity contribution is -0.273. The molecule has 0 aliphatic carbocycles. The van der Waals surface area contributed by atoms with Gasteiger partial charge in [0.25, 0.3) is 0 Å². The first-order valence-electron chi connectivity index (χ1n) is 4.21. The van der Waals surface area contributed by atoms with Crippen LogP contribution in [0.3, 0.4) is 0 Å². The molecule has 1 N–H and O–H groups in total. The van der Waals surface area contributed by atoms with Crippen LogP contribution < -0.4 is 5.32 Å². The van der Waals surface area contributed by atoms with Crippen LogP contribution in [0.1, 0.15) is 13.8 Å². The Hall–Kier alpha value is -0.940. The number of fused-ring (bicyclic) bond motifs is 1. The zero-order valence-corrected chi connectivity index (χ0v) is 7.44. The Kier molecular flexibility index (Phi) is 1.85. The minimum Gasteiger partial charge on any atom is -0.342 e. The fourth-order valence-corrected chi connectivity index (χ4v) is 1.58. The molecular formula is C8H11NO4. The quantitative estimate of drug-likeness (QED) is 0.554. The second kappa shape index (κ2) is 2.78. The van der Waals surface area contributed by atoms with Gasteiger partial charge in [-0.2, -0.15) is 0 Å². The summed E-state index contributed by atoms with van der Waals surface area (Å²) < 4.78 is 10.4. The zero-order valence-electron chi connectivity index (χ0n) is 7.44. The highest BCUT2D eigenvalue weighted by Gasteiger charge is 2.50. The molecule has 0 aromatic heterocycles. The van der Waals surface area contributed by atoms with E-state index in [4.69, 9.17) is 9.47 Å². The SMILES string of the molecule is CC(=O)[C@H]1O[C@@H](C)[C@@H]2C(=O)N[C@@H]2O1. The average molecular weight is 185 g/mol. The van der Waals surface area contributed by atoms with Crippen LogP contribution in [0.15, 0.2) is 0 Å². The normalized spacial score (nSPS) is 43.1. The molecule has 0 aromatic carbocycles. The number of rotatable bonds is 1. The Morgan fingerprint density at radius 1 is 1.46 bits per heavy atom. The third kappa shape index (κ3) is 1.24. The van der Waals surface area contributed by atoms with Crippen molar-refractivity contribution in [3.63, 3.8) is 0 Å². The van der Waals surface area contributed by atoms with Gasteiger partial charge in [-0.1, -0.05) is 0 Å². The Labute approximate surface area is 75.4 Å². The van der Waals surface area contributed by atoms with Crippen LogP contribution in [-0.2, 0) is 19.1 Å². The van der Waals surface area contributed by atoms with E-state index in [-0.39, 0.29) is 29.9 Å². The summed E-state index contributed by atoms with van der Waals surface area (Å²) >= 11 is 0. The van der Waals surface area contributed by atoms with Gasteiger partial charge in [0.05, 0.1) is 6.10 Å². The average Bonchev–Trinajstić information content (AvgIpc) is 2.00. The van der Waals surface area contributed by atoms with Crippen molar-refractivity contribution in [2.45, 2.75) is 32.5 Å². The van der Waals surface area contributed by atoms with E-state index in [2.05, 4.69) is 5.32 Å². The number of carbonyl (C=O) groups is 2. The molecular weight excluding hydrogens is 174 g/mol. The Balaban J connectivity index is 2.06. The summed E-state index contributed by atoms with van der Waals surface area (Å²) in [6, 6.07) is 0. The van der Waals surface area contributed by atoms with Crippen LogP contribution in [0.5, 0.6) is 0 Å². The first kappa shape index (κ1) is 8.65. The third-order valence-electron chi connectivity index (χ3n) is 2.36. The first-order valence-corrected chi connectivity index (χ1v) is 4.21. The summed E-state index contributed by atoms with van der Waals surface area (Å²) in [5.74, 6) is -0.499. The number of ketones is 1. The van der Waals surface area contributed by atoms with Gasteiger partial charge in [-0.3, -0.25) is 9.59 Å². The Morgan fingerprint density at radius 3 is 2.62 bits per heavy atom. The second-order valence-electron chi connectivity index (χ2n) is 3.37. The molecule has 4 atom stereocenters. The number of hydrogen-bond acceptors (Lipinski definition) is 4. The van der Waals surface area contributed by atoms with Crippen LogP contribution in [-0.4, -0.2) is 30.3 Å². The lowest BCUT2D eigenvalue weighted by atomic mass is 9.92. The van der Waals surface area contributed by atoms with E-state index in [1.165, 1.54) is 6.92 Å². The number of Topliss-reactive ketones (excluding diaryl/α,β-unsaturated/α-hetero) is 1. The van der Waals surface area contributed by atoms with Crippen molar-refractivity contribution >= 4 is 11.7 Å². The van der Waals surface area contributed by atoms with E-state index in [0.717, 1.165) is 0 Å². The molecule has 0 unspecified atom stereocenters. The van der Waals surface area contributed by atoms with Crippen LogP contribution in [0.2, 0.25) is 0 Å². The van der Waals surface area contributed by atoms with Gasteiger partial charge in [-0.15, -0.1) is 0 Å². The molecule has 2 saturated heterocycles. The minimum atomic E-state index is -0.822. The molecule has 0 bridgehead atoms. The van der Waals surface area contributed by atoms with Crippen molar-refractivity contribution < 1.29 is 19.1 Å². The molecule has 2 aliphatic rings. The number of hydrogen-bond donors (Lipinski definition) is 1. The van der Waals surface area contributed by atoms with Crippen LogP contribution in [0, 0.1) is 5.92 Å². The fourth-order valence-electron chi connectivity index (χ4n) is 1.58. The highest BCUT2D eigenvalue weighted by atomic mass is 16.7. The summed E-state index contributed by atoms with van der Waals surface area (Å²) in [5.41, 5.74) is 0. The molecule has 13 heavy (non-hydrogen) atoms. The summed E-state index contributed by atoms with van der Waals surface area (Å²) in [6.07, 6.45) is -1.41. The molecule has 0 aromatic rings. The van der Waals surface area contributed by atoms with Crippen LogP contribution in [0.4, 0.5) is 0 Å². The fraction of sp³-hybridized carbons (Fsp3) is 0.750. The van der Waals surface area contributed by atoms with Crippen LogP contribution >= 0.6 is 0 Å². The van der Waals surface area contributed by atoms with Crippen molar-refractivity contribution in [3.05, 3.63) is 0 Å². The molecule has 2 rings (SSSR count). The number of ether oxygens (including phenoxy) is 2. The largest absolute Gasteiger partial charge is 0.342 e. The molecule has 2 heterocycles. The summed E-state index contributed by atoms with van der Waals surface area (Å²) in [5, 5.41) is 2.57. The number of amides is 1. The van der Waals surface area contributed by atoms with Gasteiger partial charge < -0.3 is 14.8 Å². The third-order valence-corrected chi connectivity index (χ3v) is 2.36. The van der Waals surface area contributed by atoms with E-state index in [1.54, 1.807) is 6.92 Å². The lowest BCUT2D eigenvalue weighted by Crippen LogP contribution is -2.68. The topological polar surface area (TPSA) is 64.6 Å². The predicted octanol–water partition coefficient (Wildman–Crippen LogP) is -0.591. The maximum Gasteiger partial charge on any atom is 0.232 e. The number of nitrogens with one attached hydrogen (secondary N) is 1. The summed E-state index contributed by atoms with van der Waals surface area (Å²) in [6.45, 7) is 3.17. The van der Waals surface area contributed by atoms with E-state index in [1.807, 2.05) is 0 Å². The molecule has 72 valence electrons. The predicted molar refractivity (Wildman–Crippen MR) is 41.5 cm³/mol. The Morgan fingerprint density at radius 2 is 2.15 bits per heavy atom.